The Labute approximate surface area is 132 Å². The number of nitrogens with one attached hydrogen (secondary N) is 3. The highest BCUT2D eigenvalue weighted by Gasteiger charge is 2.19. The highest BCUT2D eigenvalue weighted by Crippen LogP contribution is 2.25. The van der Waals surface area contributed by atoms with Gasteiger partial charge in [0.15, 0.2) is 10.9 Å². The predicted octanol–water partition coefficient (Wildman–Crippen LogP) is 3.02. The first kappa shape index (κ1) is 15.0. The Morgan fingerprint density at radius 1 is 1.45 bits per heavy atom. The van der Waals surface area contributed by atoms with Crippen LogP contribution in [0.15, 0.2) is 6.07 Å². The second-order valence-corrected chi connectivity index (χ2v) is 6.57. The van der Waals surface area contributed by atoms with Crippen molar-refractivity contribution in [1.82, 2.24) is 15.2 Å². The van der Waals surface area contributed by atoms with Crippen molar-refractivity contribution >= 4 is 28.3 Å². The van der Waals surface area contributed by atoms with Gasteiger partial charge in [-0.05, 0) is 26.7 Å². The number of hydrogen-bond donors (Lipinski definition) is 3. The summed E-state index contributed by atoms with van der Waals surface area (Å²) in [5, 5.41) is 13.1. The zero-order valence-corrected chi connectivity index (χ0v) is 13.4. The smallest absolute Gasteiger partial charge is 0.326 e. The number of aromatic nitrogens is 3. The third kappa shape index (κ3) is 3.45. The van der Waals surface area contributed by atoms with E-state index >= 15 is 0 Å². The lowest BCUT2D eigenvalue weighted by Gasteiger charge is -2.20. The lowest BCUT2D eigenvalue weighted by Crippen LogP contribution is -2.19. The number of thiazole rings is 1. The van der Waals surface area contributed by atoms with Crippen LogP contribution in [0.3, 0.4) is 0 Å². The fourth-order valence-electron chi connectivity index (χ4n) is 2.37. The van der Waals surface area contributed by atoms with Gasteiger partial charge >= 0.3 is 6.03 Å². The van der Waals surface area contributed by atoms with E-state index in [-0.39, 0.29) is 6.03 Å². The van der Waals surface area contributed by atoms with E-state index in [0.717, 1.165) is 35.7 Å². The molecule has 22 heavy (non-hydrogen) atoms. The van der Waals surface area contributed by atoms with Crippen LogP contribution in [0, 0.1) is 13.8 Å². The van der Waals surface area contributed by atoms with Gasteiger partial charge in [-0.3, -0.25) is 15.7 Å². The maximum Gasteiger partial charge on any atom is 0.326 e. The van der Waals surface area contributed by atoms with Crippen LogP contribution in [0.1, 0.15) is 35.0 Å². The number of carbonyl (C=O) groups excluding carboxylic acids is 1. The molecule has 3 N–H and O–H groups in total. The third-order valence-electron chi connectivity index (χ3n) is 3.69. The average molecular weight is 321 g/mol. The number of urea groups is 1. The van der Waals surface area contributed by atoms with Gasteiger partial charge in [-0.15, -0.1) is 11.3 Å². The number of aryl methyl sites for hydroxylation is 2. The first-order valence-electron chi connectivity index (χ1n) is 7.27. The van der Waals surface area contributed by atoms with Crippen molar-refractivity contribution < 1.29 is 9.53 Å². The molecule has 0 spiro atoms. The molecular weight excluding hydrogens is 302 g/mol. The van der Waals surface area contributed by atoms with E-state index in [4.69, 9.17) is 4.74 Å². The zero-order chi connectivity index (χ0) is 15.5. The number of nitrogens with zero attached hydrogens (tertiary/aromatic N) is 2. The monoisotopic (exact) mass is 321 g/mol. The van der Waals surface area contributed by atoms with Gasteiger partial charge in [0.25, 0.3) is 0 Å². The van der Waals surface area contributed by atoms with Crippen molar-refractivity contribution in [1.29, 1.82) is 0 Å². The number of hydrogen-bond acceptors (Lipinski definition) is 5. The number of ether oxygens (including phenoxy) is 1. The normalized spacial score (nSPS) is 18.2. The van der Waals surface area contributed by atoms with E-state index < -0.39 is 0 Å². The molecule has 1 aliphatic rings. The van der Waals surface area contributed by atoms with E-state index in [0.29, 0.717) is 23.5 Å². The molecule has 2 aromatic rings. The predicted molar refractivity (Wildman–Crippen MR) is 85.6 cm³/mol. The highest BCUT2D eigenvalue weighted by molar-refractivity contribution is 7.15. The fourth-order valence-corrected chi connectivity index (χ4v) is 3.18. The van der Waals surface area contributed by atoms with E-state index in [1.165, 1.54) is 11.3 Å². The van der Waals surface area contributed by atoms with Crippen molar-refractivity contribution in [2.24, 2.45) is 0 Å². The average Bonchev–Trinajstić information content (AvgIpc) is 3.07. The molecule has 2 aromatic heterocycles. The van der Waals surface area contributed by atoms with Gasteiger partial charge in [-0.2, -0.15) is 5.10 Å². The van der Waals surface area contributed by atoms with Gasteiger partial charge in [0.2, 0.25) is 0 Å². The summed E-state index contributed by atoms with van der Waals surface area (Å²) >= 11 is 1.45. The summed E-state index contributed by atoms with van der Waals surface area (Å²) in [7, 11) is 0. The zero-order valence-electron chi connectivity index (χ0n) is 12.6. The molecule has 1 saturated heterocycles. The molecule has 0 bridgehead atoms. The lowest BCUT2D eigenvalue weighted by atomic mass is 9.99. The Kier molecular flexibility index (Phi) is 4.39. The molecule has 2 amide bonds. The lowest BCUT2D eigenvalue weighted by molar-refractivity contribution is 0.0793. The first-order valence-corrected chi connectivity index (χ1v) is 8.08. The summed E-state index contributed by atoms with van der Waals surface area (Å²) in [4.78, 5) is 17.3. The van der Waals surface area contributed by atoms with Gasteiger partial charge in [-0.1, -0.05) is 0 Å². The van der Waals surface area contributed by atoms with Crippen molar-refractivity contribution in [2.45, 2.75) is 32.6 Å². The van der Waals surface area contributed by atoms with Gasteiger partial charge < -0.3 is 4.74 Å². The first-order chi connectivity index (χ1) is 10.6. The quantitative estimate of drug-likeness (QED) is 0.810. The van der Waals surface area contributed by atoms with Crippen LogP contribution in [-0.2, 0) is 4.74 Å². The summed E-state index contributed by atoms with van der Waals surface area (Å²) in [6.45, 7) is 5.42. The van der Waals surface area contributed by atoms with Crippen LogP contribution in [-0.4, -0.2) is 34.4 Å². The molecule has 3 heterocycles. The minimum absolute atomic E-state index is 0.323. The number of carbonyl (C=O) groups is 1. The topological polar surface area (TPSA) is 91.9 Å². The summed E-state index contributed by atoms with van der Waals surface area (Å²) in [6.07, 6.45) is 2.13. The van der Waals surface area contributed by atoms with Crippen LogP contribution >= 0.6 is 11.3 Å². The highest BCUT2D eigenvalue weighted by atomic mass is 32.1. The van der Waals surface area contributed by atoms with Gasteiger partial charge in [0.1, 0.15) is 0 Å². The molecule has 1 atom stereocenters. The van der Waals surface area contributed by atoms with Gasteiger partial charge in [0, 0.05) is 29.2 Å². The Bertz CT molecular complexity index is 640. The maximum atomic E-state index is 12.0. The summed E-state index contributed by atoms with van der Waals surface area (Å²) < 4.78 is 5.47. The van der Waals surface area contributed by atoms with Crippen LogP contribution < -0.4 is 10.6 Å². The molecule has 0 saturated carbocycles. The summed E-state index contributed by atoms with van der Waals surface area (Å²) in [6, 6.07) is 1.52. The molecule has 1 fully saturated rings. The number of amides is 2. The SMILES string of the molecule is Cc1nc(NC(=O)Nc2cc([C@H]3CCCOC3)[nH]n2)sc1C. The molecule has 0 radical (unpaired) electrons. The van der Waals surface area contributed by atoms with E-state index in [9.17, 15) is 4.79 Å². The molecule has 8 heteroatoms. The Morgan fingerprint density at radius 2 is 2.32 bits per heavy atom. The molecule has 118 valence electrons. The van der Waals surface area contributed by atoms with Crippen LogP contribution in [0.25, 0.3) is 0 Å². The fraction of sp³-hybridized carbons (Fsp3) is 0.500. The van der Waals surface area contributed by atoms with E-state index in [2.05, 4.69) is 25.8 Å². The minimum Gasteiger partial charge on any atom is -0.381 e. The van der Waals surface area contributed by atoms with E-state index in [1.807, 2.05) is 19.9 Å². The summed E-state index contributed by atoms with van der Waals surface area (Å²) in [5.74, 6) is 0.826. The number of rotatable bonds is 3. The summed E-state index contributed by atoms with van der Waals surface area (Å²) in [5.41, 5.74) is 1.93. The van der Waals surface area contributed by atoms with Crippen molar-refractivity contribution in [3.8, 4) is 0 Å². The van der Waals surface area contributed by atoms with Crippen molar-refractivity contribution in [2.75, 3.05) is 23.8 Å². The minimum atomic E-state index is -0.341. The molecule has 3 rings (SSSR count). The van der Waals surface area contributed by atoms with Crippen molar-refractivity contribution in [3.05, 3.63) is 22.3 Å². The standard InChI is InChI=1S/C14H19N5O2S/c1-8-9(2)22-14(15-8)17-13(20)16-12-6-11(18-19-12)10-4-3-5-21-7-10/h6,10H,3-5,7H2,1-2H3,(H3,15,16,17,18,19,20)/t10-/m0/s1. The van der Waals surface area contributed by atoms with Crippen LogP contribution in [0.5, 0.6) is 0 Å². The molecule has 7 nitrogen and oxygen atoms in total. The Hall–Kier alpha value is -1.93. The molecule has 0 aromatic carbocycles. The third-order valence-corrected chi connectivity index (χ3v) is 4.68. The second-order valence-electron chi connectivity index (χ2n) is 5.36. The molecular formula is C14H19N5O2S. The second kappa shape index (κ2) is 6.45. The largest absolute Gasteiger partial charge is 0.381 e. The van der Waals surface area contributed by atoms with Crippen LogP contribution in [0.4, 0.5) is 15.7 Å². The number of anilines is 2. The Morgan fingerprint density at radius 3 is 3.00 bits per heavy atom. The van der Waals surface area contributed by atoms with Gasteiger partial charge in [0.05, 0.1) is 12.3 Å². The van der Waals surface area contributed by atoms with Crippen LogP contribution in [0.2, 0.25) is 0 Å². The number of aromatic amines is 1. The molecule has 1 aliphatic heterocycles. The maximum absolute atomic E-state index is 12.0. The van der Waals surface area contributed by atoms with Gasteiger partial charge in [-0.25, -0.2) is 9.78 Å². The Balaban J connectivity index is 1.58. The molecule has 0 aliphatic carbocycles. The molecule has 0 unspecified atom stereocenters. The van der Waals surface area contributed by atoms with Crippen molar-refractivity contribution in [3.63, 3.8) is 0 Å². The van der Waals surface area contributed by atoms with E-state index in [1.54, 1.807) is 0 Å². The number of H-pyrrole nitrogens is 1.